The minimum absolute atomic E-state index is 0.0628. The molecule has 0 unspecified atom stereocenters. The summed E-state index contributed by atoms with van der Waals surface area (Å²) in [6.07, 6.45) is -2.47. The fraction of sp³-hybridized carbons (Fsp3) is 0.174. The van der Waals surface area contributed by atoms with E-state index in [1.54, 1.807) is 24.3 Å². The maximum atomic E-state index is 12.9. The lowest BCUT2D eigenvalue weighted by molar-refractivity contribution is -0.137. The third kappa shape index (κ3) is 4.89. The summed E-state index contributed by atoms with van der Waals surface area (Å²) in [6.45, 7) is 0.375. The zero-order chi connectivity index (χ0) is 23.6. The Labute approximate surface area is 187 Å². The van der Waals surface area contributed by atoms with Gasteiger partial charge in [0.1, 0.15) is 17.2 Å². The quantitative estimate of drug-likeness (QED) is 0.588. The Morgan fingerprint density at radius 1 is 1.06 bits per heavy atom. The summed E-state index contributed by atoms with van der Waals surface area (Å²) >= 11 is 0. The second kappa shape index (κ2) is 8.81. The first-order chi connectivity index (χ1) is 15.7. The molecule has 0 saturated heterocycles. The number of fused-ring (bicyclic) bond motifs is 1. The van der Waals surface area contributed by atoms with E-state index in [-0.39, 0.29) is 17.3 Å². The predicted molar refractivity (Wildman–Crippen MR) is 116 cm³/mol. The molecule has 7 nitrogen and oxygen atoms in total. The SMILES string of the molecule is CNC(=O)c1cc(Oc2ccc3c(c2)CCN3C(=O)Nc2cccc(C(F)(F)F)c2)ccn1. The Balaban J connectivity index is 1.47. The summed E-state index contributed by atoms with van der Waals surface area (Å²) in [5.41, 5.74) is 0.945. The van der Waals surface area contributed by atoms with Crippen molar-refractivity contribution < 1.29 is 27.5 Å². The summed E-state index contributed by atoms with van der Waals surface area (Å²) in [5.74, 6) is 0.612. The number of nitrogens with zero attached hydrogens (tertiary/aromatic N) is 2. The molecule has 2 heterocycles. The number of benzene rings is 2. The number of ether oxygens (including phenoxy) is 1. The van der Waals surface area contributed by atoms with E-state index in [9.17, 15) is 22.8 Å². The van der Waals surface area contributed by atoms with Crippen molar-refractivity contribution in [2.75, 3.05) is 23.8 Å². The molecule has 1 aliphatic rings. The monoisotopic (exact) mass is 456 g/mol. The summed E-state index contributed by atoms with van der Waals surface area (Å²) < 4.78 is 44.6. The minimum atomic E-state index is -4.49. The number of nitrogens with one attached hydrogen (secondary N) is 2. The van der Waals surface area contributed by atoms with Gasteiger partial charge in [-0.2, -0.15) is 13.2 Å². The van der Waals surface area contributed by atoms with Gasteiger partial charge in [-0.05, 0) is 54.4 Å². The molecule has 2 aromatic carbocycles. The van der Waals surface area contributed by atoms with Crippen LogP contribution in [0.4, 0.5) is 29.3 Å². The van der Waals surface area contributed by atoms with Crippen LogP contribution in [-0.4, -0.2) is 30.5 Å². The molecule has 4 rings (SSSR count). The number of pyridine rings is 1. The van der Waals surface area contributed by atoms with Crippen molar-refractivity contribution in [3.05, 3.63) is 77.6 Å². The van der Waals surface area contributed by atoms with E-state index in [0.717, 1.165) is 17.7 Å². The van der Waals surface area contributed by atoms with Gasteiger partial charge in [-0.3, -0.25) is 14.7 Å². The molecular weight excluding hydrogens is 437 g/mol. The molecule has 0 saturated carbocycles. The van der Waals surface area contributed by atoms with Gasteiger partial charge in [0.25, 0.3) is 5.91 Å². The summed E-state index contributed by atoms with van der Waals surface area (Å²) in [7, 11) is 1.51. The maximum Gasteiger partial charge on any atom is 0.416 e. The van der Waals surface area contributed by atoms with Gasteiger partial charge < -0.3 is 15.4 Å². The molecule has 0 bridgehead atoms. The van der Waals surface area contributed by atoms with Crippen molar-refractivity contribution in [2.24, 2.45) is 0 Å². The van der Waals surface area contributed by atoms with Crippen LogP contribution >= 0.6 is 0 Å². The largest absolute Gasteiger partial charge is 0.457 e. The standard InChI is InChI=1S/C23H19F3N4O3/c1-27-21(31)19-13-18(7-9-28-19)33-17-5-6-20-14(11-17)8-10-30(20)22(32)29-16-4-2-3-15(12-16)23(24,25)26/h2-7,9,11-13H,8,10H2,1H3,(H,27,31)(H,29,32). The number of carbonyl (C=O) groups excluding carboxylic acids is 2. The van der Waals surface area contributed by atoms with Gasteiger partial charge in [-0.15, -0.1) is 0 Å². The van der Waals surface area contributed by atoms with Crippen molar-refractivity contribution in [1.82, 2.24) is 10.3 Å². The Bertz CT molecular complexity index is 1210. The molecular formula is C23H19F3N4O3. The number of hydrogen-bond acceptors (Lipinski definition) is 4. The number of amides is 3. The number of anilines is 2. The summed E-state index contributed by atoms with van der Waals surface area (Å²) in [6, 6.07) is 12.3. The van der Waals surface area contributed by atoms with E-state index in [1.165, 1.54) is 36.3 Å². The van der Waals surface area contributed by atoms with E-state index in [2.05, 4.69) is 15.6 Å². The fourth-order valence-corrected chi connectivity index (χ4v) is 3.48. The molecule has 1 aromatic heterocycles. The number of urea groups is 1. The van der Waals surface area contributed by atoms with Crippen molar-refractivity contribution >= 4 is 23.3 Å². The van der Waals surface area contributed by atoms with Crippen molar-refractivity contribution in [2.45, 2.75) is 12.6 Å². The topological polar surface area (TPSA) is 83.6 Å². The van der Waals surface area contributed by atoms with Crippen molar-refractivity contribution in [3.8, 4) is 11.5 Å². The molecule has 0 radical (unpaired) electrons. The molecule has 0 aliphatic carbocycles. The van der Waals surface area contributed by atoms with Gasteiger partial charge >= 0.3 is 12.2 Å². The summed E-state index contributed by atoms with van der Waals surface area (Å²) in [4.78, 5) is 29.9. The minimum Gasteiger partial charge on any atom is -0.457 e. The second-order valence-corrected chi connectivity index (χ2v) is 7.26. The third-order valence-electron chi connectivity index (χ3n) is 5.06. The van der Waals surface area contributed by atoms with Crippen LogP contribution in [0.25, 0.3) is 0 Å². The first-order valence-corrected chi connectivity index (χ1v) is 9.99. The Morgan fingerprint density at radius 2 is 1.85 bits per heavy atom. The van der Waals surface area contributed by atoms with E-state index in [0.29, 0.717) is 30.2 Å². The zero-order valence-corrected chi connectivity index (χ0v) is 17.4. The number of alkyl halides is 3. The Kier molecular flexibility index (Phi) is 5.91. The Morgan fingerprint density at radius 3 is 2.61 bits per heavy atom. The zero-order valence-electron chi connectivity index (χ0n) is 17.4. The van der Waals surface area contributed by atoms with Gasteiger partial charge in [-0.25, -0.2) is 4.79 Å². The number of halogens is 3. The number of rotatable bonds is 4. The normalized spacial score (nSPS) is 12.8. The maximum absolute atomic E-state index is 12.9. The van der Waals surface area contributed by atoms with Gasteiger partial charge in [-0.1, -0.05) is 6.07 Å². The number of carbonyl (C=O) groups is 2. The molecule has 3 amide bonds. The molecule has 33 heavy (non-hydrogen) atoms. The highest BCUT2D eigenvalue weighted by molar-refractivity contribution is 6.03. The number of aromatic nitrogens is 1. The predicted octanol–water partition coefficient (Wildman–Crippen LogP) is 4.85. The highest BCUT2D eigenvalue weighted by atomic mass is 19.4. The fourth-order valence-electron chi connectivity index (χ4n) is 3.48. The van der Waals surface area contributed by atoms with Crippen LogP contribution in [-0.2, 0) is 12.6 Å². The lowest BCUT2D eigenvalue weighted by atomic mass is 10.1. The van der Waals surface area contributed by atoms with Gasteiger partial charge in [0.15, 0.2) is 0 Å². The molecule has 3 aromatic rings. The molecule has 0 atom stereocenters. The lowest BCUT2D eigenvalue weighted by Gasteiger charge is -2.19. The lowest BCUT2D eigenvalue weighted by Crippen LogP contribution is -2.33. The molecule has 10 heteroatoms. The van der Waals surface area contributed by atoms with Gasteiger partial charge in [0.05, 0.1) is 5.56 Å². The molecule has 0 fully saturated rings. The molecule has 0 spiro atoms. The number of hydrogen-bond donors (Lipinski definition) is 2. The molecule has 170 valence electrons. The third-order valence-corrected chi connectivity index (χ3v) is 5.06. The van der Waals surface area contributed by atoms with Crippen LogP contribution in [0.15, 0.2) is 60.8 Å². The second-order valence-electron chi connectivity index (χ2n) is 7.26. The van der Waals surface area contributed by atoms with Gasteiger partial charge in [0.2, 0.25) is 0 Å². The van der Waals surface area contributed by atoms with Crippen LogP contribution in [0.2, 0.25) is 0 Å². The summed E-state index contributed by atoms with van der Waals surface area (Å²) in [5, 5.41) is 5.02. The smallest absolute Gasteiger partial charge is 0.416 e. The van der Waals surface area contributed by atoms with Gasteiger partial charge in [0, 0.05) is 37.2 Å². The highest BCUT2D eigenvalue weighted by Crippen LogP contribution is 2.34. The molecule has 2 N–H and O–H groups in total. The van der Waals surface area contributed by atoms with Crippen LogP contribution < -0.4 is 20.3 Å². The van der Waals surface area contributed by atoms with Crippen molar-refractivity contribution in [3.63, 3.8) is 0 Å². The van der Waals surface area contributed by atoms with Crippen LogP contribution in [0.5, 0.6) is 11.5 Å². The van der Waals surface area contributed by atoms with E-state index in [1.807, 2.05) is 0 Å². The first-order valence-electron chi connectivity index (χ1n) is 9.99. The van der Waals surface area contributed by atoms with E-state index in [4.69, 9.17) is 4.74 Å². The van der Waals surface area contributed by atoms with Crippen LogP contribution in [0, 0.1) is 0 Å². The van der Waals surface area contributed by atoms with Crippen LogP contribution in [0.1, 0.15) is 21.6 Å². The van der Waals surface area contributed by atoms with Crippen LogP contribution in [0.3, 0.4) is 0 Å². The van der Waals surface area contributed by atoms with E-state index < -0.39 is 17.8 Å². The highest BCUT2D eigenvalue weighted by Gasteiger charge is 2.31. The van der Waals surface area contributed by atoms with E-state index >= 15 is 0 Å². The van der Waals surface area contributed by atoms with Crippen molar-refractivity contribution in [1.29, 1.82) is 0 Å². The first kappa shape index (κ1) is 22.1. The average molecular weight is 456 g/mol. The average Bonchev–Trinajstić information content (AvgIpc) is 3.22. The Hall–Kier alpha value is -4.08. The molecule has 1 aliphatic heterocycles.